The normalized spacial score (nSPS) is 18.6. The number of nitrogens with one attached hydrogen (secondary N) is 3. The summed E-state index contributed by atoms with van der Waals surface area (Å²) in [5.41, 5.74) is 4.33. The molecule has 2 aliphatic rings. The van der Waals surface area contributed by atoms with Gasteiger partial charge in [-0.05, 0) is 31.0 Å². The number of benzene rings is 2. The van der Waals surface area contributed by atoms with Crippen LogP contribution in [0.25, 0.3) is 11.3 Å². The molecule has 2 amide bonds. The fourth-order valence-electron chi connectivity index (χ4n) is 4.96. The van der Waals surface area contributed by atoms with Crippen LogP contribution >= 0.6 is 11.6 Å². The third kappa shape index (κ3) is 6.10. The Morgan fingerprint density at radius 3 is 2.95 bits per heavy atom. The summed E-state index contributed by atoms with van der Waals surface area (Å²) in [6.07, 6.45) is 1.54. The Labute approximate surface area is 238 Å². The Kier molecular flexibility index (Phi) is 8.60. The van der Waals surface area contributed by atoms with Crippen molar-refractivity contribution < 1.29 is 19.4 Å². The number of nitrogens with zero attached hydrogens (tertiary/aromatic N) is 3. The molecular formula is C29H33ClN6O4. The van der Waals surface area contributed by atoms with Gasteiger partial charge in [-0.3, -0.25) is 9.59 Å². The van der Waals surface area contributed by atoms with E-state index in [-0.39, 0.29) is 24.5 Å². The third-order valence-corrected chi connectivity index (χ3v) is 7.49. The van der Waals surface area contributed by atoms with Crippen LogP contribution in [0.3, 0.4) is 0 Å². The average molecular weight is 565 g/mol. The van der Waals surface area contributed by atoms with Crippen molar-refractivity contribution in [3.05, 3.63) is 75.9 Å². The number of rotatable bonds is 8. The molecule has 0 saturated carbocycles. The lowest BCUT2D eigenvalue weighted by molar-refractivity contribution is -0.126. The van der Waals surface area contributed by atoms with E-state index in [4.69, 9.17) is 16.3 Å². The maximum absolute atomic E-state index is 13.4. The average Bonchev–Trinajstić information content (AvgIpc) is 3.10. The molecule has 0 radical (unpaired) electrons. The maximum atomic E-state index is 13.4. The Morgan fingerprint density at radius 1 is 1.30 bits per heavy atom. The zero-order chi connectivity index (χ0) is 28.2. The molecule has 11 heteroatoms. The van der Waals surface area contributed by atoms with Gasteiger partial charge < -0.3 is 30.7 Å². The van der Waals surface area contributed by atoms with Crippen molar-refractivity contribution >= 4 is 29.4 Å². The topological polar surface area (TPSA) is 129 Å². The highest BCUT2D eigenvalue weighted by atomic mass is 35.5. The van der Waals surface area contributed by atoms with Gasteiger partial charge in [0.1, 0.15) is 6.04 Å². The number of hydrogen-bond donors (Lipinski definition) is 4. The second-order valence-electron chi connectivity index (χ2n) is 10.1. The summed E-state index contributed by atoms with van der Waals surface area (Å²) in [5, 5.41) is 19.7. The molecule has 1 saturated heterocycles. The molecule has 2 aliphatic heterocycles. The van der Waals surface area contributed by atoms with Crippen LogP contribution in [0.15, 0.2) is 48.7 Å². The molecule has 3 atom stereocenters. The van der Waals surface area contributed by atoms with Gasteiger partial charge in [-0.15, -0.1) is 0 Å². The number of hydrogen-bond acceptors (Lipinski definition) is 8. The lowest BCUT2D eigenvalue weighted by Crippen LogP contribution is -2.46. The van der Waals surface area contributed by atoms with E-state index in [0.717, 1.165) is 29.8 Å². The summed E-state index contributed by atoms with van der Waals surface area (Å²) in [6.45, 7) is 6.40. The quantitative estimate of drug-likeness (QED) is 0.329. The first-order chi connectivity index (χ1) is 19.3. The van der Waals surface area contributed by atoms with Gasteiger partial charge in [-0.25, -0.2) is 9.97 Å². The third-order valence-electron chi connectivity index (χ3n) is 7.22. The number of aliphatic hydroxyl groups is 1. The molecule has 10 nitrogen and oxygen atoms in total. The van der Waals surface area contributed by atoms with E-state index in [1.54, 1.807) is 13.0 Å². The van der Waals surface area contributed by atoms with E-state index in [9.17, 15) is 14.7 Å². The summed E-state index contributed by atoms with van der Waals surface area (Å²) in [6, 6.07) is 11.8. The molecule has 0 unspecified atom stereocenters. The standard InChI is InChI=1S/C29H33ClN6O4/c1-17-4-3-5-19(10-17)25(15-37)34-27(38)18(2)36-14-21-7-6-20(11-23(21)28(36)39)26-24(30)13-32-29(35-26)33-22-12-31-8-9-40-16-22/h3-7,10-11,13,18,22,25,31,37H,8-9,12,14-16H2,1-2H3,(H,34,38)(H,32,33,35)/t18-,22-,25-/m1/s1. The molecule has 4 N–H and O–H groups in total. The fourth-order valence-corrected chi connectivity index (χ4v) is 5.16. The Morgan fingerprint density at radius 2 is 2.15 bits per heavy atom. The number of amides is 2. The Balaban J connectivity index is 1.31. The van der Waals surface area contributed by atoms with Crippen LogP contribution in [0, 0.1) is 6.92 Å². The van der Waals surface area contributed by atoms with Crippen molar-refractivity contribution in [1.29, 1.82) is 0 Å². The van der Waals surface area contributed by atoms with Crippen LogP contribution in [0.5, 0.6) is 0 Å². The van der Waals surface area contributed by atoms with Gasteiger partial charge in [0, 0.05) is 30.8 Å². The van der Waals surface area contributed by atoms with Crippen LogP contribution in [0.2, 0.25) is 5.02 Å². The van der Waals surface area contributed by atoms with Crippen LogP contribution in [0.1, 0.15) is 40.0 Å². The highest BCUT2D eigenvalue weighted by Gasteiger charge is 2.35. The molecule has 0 spiro atoms. The molecule has 5 rings (SSSR count). The molecule has 1 aromatic heterocycles. The van der Waals surface area contributed by atoms with Gasteiger partial charge in [0.15, 0.2) is 0 Å². The van der Waals surface area contributed by atoms with Crippen molar-refractivity contribution in [2.75, 3.05) is 38.2 Å². The maximum Gasteiger partial charge on any atom is 0.255 e. The molecule has 0 aliphatic carbocycles. The zero-order valence-corrected chi connectivity index (χ0v) is 23.2. The molecule has 0 bridgehead atoms. The van der Waals surface area contributed by atoms with E-state index in [0.29, 0.717) is 47.6 Å². The van der Waals surface area contributed by atoms with Gasteiger partial charge in [-0.1, -0.05) is 53.6 Å². The van der Waals surface area contributed by atoms with Crippen molar-refractivity contribution in [3.8, 4) is 11.3 Å². The molecule has 210 valence electrons. The van der Waals surface area contributed by atoms with Crippen molar-refractivity contribution in [3.63, 3.8) is 0 Å². The minimum atomic E-state index is -0.740. The fraction of sp³-hybridized carbons (Fsp3) is 0.379. The monoisotopic (exact) mass is 564 g/mol. The zero-order valence-electron chi connectivity index (χ0n) is 22.5. The molecule has 3 aromatic rings. The minimum Gasteiger partial charge on any atom is -0.394 e. The number of carbonyl (C=O) groups is 2. The Bertz CT molecular complexity index is 1390. The summed E-state index contributed by atoms with van der Waals surface area (Å²) < 4.78 is 5.59. The second-order valence-corrected chi connectivity index (χ2v) is 10.6. The lowest BCUT2D eigenvalue weighted by Gasteiger charge is -2.26. The molecule has 40 heavy (non-hydrogen) atoms. The predicted octanol–water partition coefficient (Wildman–Crippen LogP) is 2.70. The number of halogens is 1. The molecule has 3 heterocycles. The number of fused-ring (bicyclic) bond motifs is 1. The van der Waals surface area contributed by atoms with Crippen LogP contribution in [0.4, 0.5) is 5.95 Å². The summed E-state index contributed by atoms with van der Waals surface area (Å²) in [5.74, 6) is -0.170. The number of aromatic nitrogens is 2. The smallest absolute Gasteiger partial charge is 0.255 e. The van der Waals surface area contributed by atoms with E-state index < -0.39 is 12.1 Å². The summed E-state index contributed by atoms with van der Waals surface area (Å²) in [7, 11) is 0. The first kappa shape index (κ1) is 28.0. The molecule has 1 fully saturated rings. The van der Waals surface area contributed by atoms with E-state index in [1.807, 2.05) is 43.3 Å². The largest absolute Gasteiger partial charge is 0.394 e. The van der Waals surface area contributed by atoms with Gasteiger partial charge in [0.05, 0.1) is 48.8 Å². The summed E-state index contributed by atoms with van der Waals surface area (Å²) >= 11 is 6.47. The number of anilines is 1. The minimum absolute atomic E-state index is 0.00987. The van der Waals surface area contributed by atoms with E-state index in [1.165, 1.54) is 11.1 Å². The number of ether oxygens (including phenoxy) is 1. The van der Waals surface area contributed by atoms with E-state index >= 15 is 0 Å². The predicted molar refractivity (Wildman–Crippen MR) is 152 cm³/mol. The SMILES string of the molecule is Cc1cccc([C@@H](CO)NC(=O)[C@@H](C)N2Cc3ccc(-c4nc(N[C@@H]5CNCCOC5)ncc4Cl)cc3C2=O)c1. The van der Waals surface area contributed by atoms with Crippen LogP contribution in [-0.4, -0.2) is 76.8 Å². The first-order valence-electron chi connectivity index (χ1n) is 13.3. The van der Waals surface area contributed by atoms with Gasteiger partial charge >= 0.3 is 0 Å². The number of aryl methyl sites for hydroxylation is 1. The molecule has 2 aromatic carbocycles. The van der Waals surface area contributed by atoms with Crippen molar-refractivity contribution in [1.82, 2.24) is 25.5 Å². The highest BCUT2D eigenvalue weighted by Crippen LogP contribution is 2.32. The summed E-state index contributed by atoms with van der Waals surface area (Å²) in [4.78, 5) is 37.1. The van der Waals surface area contributed by atoms with Crippen molar-refractivity contribution in [2.24, 2.45) is 0 Å². The lowest BCUT2D eigenvalue weighted by atomic mass is 10.0. The second kappa shape index (κ2) is 12.3. The molecular weight excluding hydrogens is 532 g/mol. The van der Waals surface area contributed by atoms with Gasteiger partial charge in [0.25, 0.3) is 5.91 Å². The van der Waals surface area contributed by atoms with E-state index in [2.05, 4.69) is 25.9 Å². The highest BCUT2D eigenvalue weighted by molar-refractivity contribution is 6.33. The van der Waals surface area contributed by atoms with Crippen molar-refractivity contribution in [2.45, 2.75) is 38.5 Å². The number of aliphatic hydroxyl groups excluding tert-OH is 1. The number of carbonyl (C=O) groups excluding carboxylic acids is 2. The van der Waals surface area contributed by atoms with Gasteiger partial charge in [0.2, 0.25) is 11.9 Å². The van der Waals surface area contributed by atoms with Gasteiger partial charge in [-0.2, -0.15) is 0 Å². The van der Waals surface area contributed by atoms with Crippen LogP contribution < -0.4 is 16.0 Å². The Hall–Kier alpha value is -3.57. The first-order valence-corrected chi connectivity index (χ1v) is 13.7. The van der Waals surface area contributed by atoms with Crippen LogP contribution in [-0.2, 0) is 16.1 Å².